The van der Waals surface area contributed by atoms with E-state index in [1.54, 1.807) is 0 Å². The predicted molar refractivity (Wildman–Crippen MR) is 122 cm³/mol. The molecule has 0 amide bonds. The van der Waals surface area contributed by atoms with Crippen LogP contribution in [-0.4, -0.2) is 62.1 Å². The molecule has 4 rings (SSSR count). The fourth-order valence-electron chi connectivity index (χ4n) is 4.29. The number of nitrogens with zero attached hydrogens (tertiary/aromatic N) is 3. The van der Waals surface area contributed by atoms with Gasteiger partial charge in [0.25, 0.3) is 0 Å². The maximum atomic E-state index is 5.90. The molecule has 2 saturated heterocycles. The molecule has 3 heterocycles. The van der Waals surface area contributed by atoms with Gasteiger partial charge < -0.3 is 19.5 Å². The van der Waals surface area contributed by atoms with Crippen LogP contribution in [0.5, 0.6) is 0 Å². The van der Waals surface area contributed by atoms with Crippen molar-refractivity contribution in [3.05, 3.63) is 36.1 Å². The van der Waals surface area contributed by atoms with Crippen LogP contribution in [0.4, 0.5) is 0 Å². The van der Waals surface area contributed by atoms with Crippen molar-refractivity contribution in [3.63, 3.8) is 0 Å². The van der Waals surface area contributed by atoms with E-state index in [1.165, 1.54) is 44.3 Å². The molecule has 0 aliphatic carbocycles. The van der Waals surface area contributed by atoms with Crippen molar-refractivity contribution in [2.24, 2.45) is 10.9 Å². The second-order valence-corrected chi connectivity index (χ2v) is 7.58. The topological polar surface area (TPSA) is 44.0 Å². The van der Waals surface area contributed by atoms with Crippen molar-refractivity contribution < 1.29 is 4.42 Å². The van der Waals surface area contributed by atoms with Gasteiger partial charge in [0.2, 0.25) is 0 Å². The first-order valence-corrected chi connectivity index (χ1v) is 9.97. The molecule has 148 valence electrons. The minimum atomic E-state index is 0. The normalized spacial score (nSPS) is 21.0. The van der Waals surface area contributed by atoms with Gasteiger partial charge in [0.1, 0.15) is 11.3 Å². The summed E-state index contributed by atoms with van der Waals surface area (Å²) in [5, 5.41) is 4.70. The average molecular weight is 482 g/mol. The molecule has 0 saturated carbocycles. The molecule has 1 atom stereocenters. The van der Waals surface area contributed by atoms with Gasteiger partial charge in [-0.25, -0.2) is 0 Å². The fraction of sp³-hybridized carbons (Fsp3) is 0.571. The highest BCUT2D eigenvalue weighted by molar-refractivity contribution is 14.0. The fourth-order valence-corrected chi connectivity index (χ4v) is 4.29. The van der Waals surface area contributed by atoms with Gasteiger partial charge in [0, 0.05) is 45.0 Å². The summed E-state index contributed by atoms with van der Waals surface area (Å²) < 4.78 is 5.90. The first-order chi connectivity index (χ1) is 12.8. The quantitative estimate of drug-likeness (QED) is 0.402. The van der Waals surface area contributed by atoms with Crippen LogP contribution < -0.4 is 5.32 Å². The van der Waals surface area contributed by atoms with Crippen LogP contribution in [0, 0.1) is 5.92 Å². The van der Waals surface area contributed by atoms with E-state index in [9.17, 15) is 0 Å². The highest BCUT2D eigenvalue weighted by atomic mass is 127. The summed E-state index contributed by atoms with van der Waals surface area (Å²) in [6.45, 7) is 6.93. The van der Waals surface area contributed by atoms with Crippen LogP contribution in [0.3, 0.4) is 0 Å². The maximum absolute atomic E-state index is 5.90. The second kappa shape index (κ2) is 9.78. The molecular formula is C21H31IN4O. The highest BCUT2D eigenvalue weighted by Gasteiger charge is 2.27. The Morgan fingerprint density at radius 3 is 2.81 bits per heavy atom. The van der Waals surface area contributed by atoms with Crippen molar-refractivity contribution >= 4 is 40.9 Å². The molecule has 2 aliphatic rings. The third kappa shape index (κ3) is 5.16. The zero-order valence-electron chi connectivity index (χ0n) is 16.2. The number of fused-ring (bicyclic) bond motifs is 1. The van der Waals surface area contributed by atoms with Crippen molar-refractivity contribution in [1.82, 2.24) is 15.1 Å². The molecule has 1 N–H and O–H groups in total. The number of halogens is 1. The van der Waals surface area contributed by atoms with Crippen molar-refractivity contribution in [3.8, 4) is 0 Å². The molecule has 6 heteroatoms. The molecule has 1 aromatic carbocycles. The van der Waals surface area contributed by atoms with E-state index < -0.39 is 0 Å². The van der Waals surface area contributed by atoms with E-state index in [-0.39, 0.29) is 24.0 Å². The van der Waals surface area contributed by atoms with E-state index in [4.69, 9.17) is 4.42 Å². The molecule has 5 nitrogen and oxygen atoms in total. The first-order valence-electron chi connectivity index (χ1n) is 9.97. The lowest BCUT2D eigenvalue weighted by Crippen LogP contribution is -2.41. The standard InChI is InChI=1S/C21H30N4O.HI/c1-22-21(25-13-9-17(16-25)15-24-11-4-5-12-24)23-10-8-19-14-18-6-2-3-7-20(18)26-19;/h2-3,6-7,14,17H,4-5,8-13,15-16H2,1H3,(H,22,23);1H. The smallest absolute Gasteiger partial charge is 0.193 e. The van der Waals surface area contributed by atoms with Gasteiger partial charge in [-0.3, -0.25) is 4.99 Å². The Hall–Kier alpha value is -1.28. The summed E-state index contributed by atoms with van der Waals surface area (Å²) in [6.07, 6.45) is 4.91. The van der Waals surface area contributed by atoms with Gasteiger partial charge in [-0.1, -0.05) is 18.2 Å². The van der Waals surface area contributed by atoms with Crippen LogP contribution in [0.25, 0.3) is 11.0 Å². The Morgan fingerprint density at radius 2 is 2.04 bits per heavy atom. The Morgan fingerprint density at radius 1 is 1.22 bits per heavy atom. The summed E-state index contributed by atoms with van der Waals surface area (Å²) in [4.78, 5) is 9.54. The molecule has 2 aromatic rings. The van der Waals surface area contributed by atoms with Crippen LogP contribution in [0.2, 0.25) is 0 Å². The van der Waals surface area contributed by atoms with Gasteiger partial charge in [-0.2, -0.15) is 0 Å². The lowest BCUT2D eigenvalue weighted by atomic mass is 10.1. The Balaban J connectivity index is 0.00000210. The van der Waals surface area contributed by atoms with E-state index >= 15 is 0 Å². The highest BCUT2D eigenvalue weighted by Crippen LogP contribution is 2.21. The number of furan rings is 1. The molecule has 27 heavy (non-hydrogen) atoms. The maximum Gasteiger partial charge on any atom is 0.193 e. The van der Waals surface area contributed by atoms with Gasteiger partial charge >= 0.3 is 0 Å². The average Bonchev–Trinajstić information content (AvgIpc) is 3.39. The van der Waals surface area contributed by atoms with Crippen LogP contribution in [0.1, 0.15) is 25.0 Å². The van der Waals surface area contributed by atoms with Crippen molar-refractivity contribution in [2.75, 3.05) is 46.3 Å². The minimum absolute atomic E-state index is 0. The lowest BCUT2D eigenvalue weighted by molar-refractivity contribution is 0.281. The number of para-hydroxylation sites is 1. The van der Waals surface area contributed by atoms with Crippen LogP contribution >= 0.6 is 24.0 Å². The van der Waals surface area contributed by atoms with Crippen LogP contribution in [0.15, 0.2) is 39.7 Å². The summed E-state index contributed by atoms with van der Waals surface area (Å²) >= 11 is 0. The number of nitrogens with one attached hydrogen (secondary N) is 1. The zero-order chi connectivity index (χ0) is 17.8. The van der Waals surface area contributed by atoms with E-state index in [1.807, 2.05) is 25.2 Å². The Bertz CT molecular complexity index is 720. The van der Waals surface area contributed by atoms with Crippen molar-refractivity contribution in [2.45, 2.75) is 25.7 Å². The van der Waals surface area contributed by atoms with Gasteiger partial charge in [0.15, 0.2) is 5.96 Å². The SMILES string of the molecule is CN=C(NCCc1cc2ccccc2o1)N1CCC(CN2CCCC2)C1.I. The minimum Gasteiger partial charge on any atom is -0.461 e. The number of likely N-dealkylation sites (tertiary alicyclic amines) is 2. The monoisotopic (exact) mass is 482 g/mol. The Kier molecular flexibility index (Phi) is 7.41. The number of hydrogen-bond acceptors (Lipinski definition) is 3. The summed E-state index contributed by atoms with van der Waals surface area (Å²) in [7, 11) is 1.89. The predicted octanol–water partition coefficient (Wildman–Crippen LogP) is 3.59. The summed E-state index contributed by atoms with van der Waals surface area (Å²) in [5.41, 5.74) is 0.969. The third-order valence-corrected chi connectivity index (χ3v) is 5.64. The number of hydrogen-bond donors (Lipinski definition) is 1. The van der Waals surface area contributed by atoms with Gasteiger partial charge in [-0.15, -0.1) is 24.0 Å². The molecule has 0 radical (unpaired) electrons. The molecule has 1 aromatic heterocycles. The second-order valence-electron chi connectivity index (χ2n) is 7.58. The summed E-state index contributed by atoms with van der Waals surface area (Å²) in [5.74, 6) is 2.84. The molecule has 0 spiro atoms. The van der Waals surface area contributed by atoms with Gasteiger partial charge in [-0.05, 0) is 50.4 Å². The first kappa shape index (κ1) is 20.5. The molecule has 1 unspecified atom stereocenters. The molecule has 0 bridgehead atoms. The summed E-state index contributed by atoms with van der Waals surface area (Å²) in [6, 6.07) is 10.3. The lowest BCUT2D eigenvalue weighted by Gasteiger charge is -2.23. The number of aliphatic imine (C=N–C) groups is 1. The van der Waals surface area contributed by atoms with E-state index in [0.29, 0.717) is 0 Å². The zero-order valence-corrected chi connectivity index (χ0v) is 18.5. The number of guanidine groups is 1. The molecule has 2 fully saturated rings. The number of rotatable bonds is 5. The molecule has 2 aliphatic heterocycles. The van der Waals surface area contributed by atoms with Crippen molar-refractivity contribution in [1.29, 1.82) is 0 Å². The van der Waals surface area contributed by atoms with E-state index in [0.717, 1.165) is 49.3 Å². The van der Waals surface area contributed by atoms with Gasteiger partial charge in [0.05, 0.1) is 0 Å². The third-order valence-electron chi connectivity index (χ3n) is 5.64. The van der Waals surface area contributed by atoms with Crippen LogP contribution in [-0.2, 0) is 6.42 Å². The largest absolute Gasteiger partial charge is 0.461 e. The van der Waals surface area contributed by atoms with E-state index in [2.05, 4.69) is 32.2 Å². The number of benzene rings is 1. The molecular weight excluding hydrogens is 451 g/mol. The Labute approximate surface area is 179 Å².